The van der Waals surface area contributed by atoms with Crippen molar-refractivity contribution in [2.45, 2.75) is 12.8 Å². The normalized spacial score (nSPS) is 19.6. The van der Waals surface area contributed by atoms with Crippen molar-refractivity contribution in [2.75, 3.05) is 31.6 Å². The number of halogens is 1. The summed E-state index contributed by atoms with van der Waals surface area (Å²) in [6, 6.07) is 3.46. The first-order valence-corrected chi connectivity index (χ1v) is 6.80. The number of nitrogens with one attached hydrogen (secondary N) is 1. The molecule has 19 heavy (non-hydrogen) atoms. The Labute approximate surface area is 117 Å². The lowest BCUT2D eigenvalue weighted by molar-refractivity contribution is -0.117. The van der Waals surface area contributed by atoms with Crippen LogP contribution in [0.1, 0.15) is 12.8 Å². The number of carbonyl (C=O) groups excluding carboxylic acids is 1. The van der Waals surface area contributed by atoms with E-state index in [-0.39, 0.29) is 12.5 Å². The molecule has 0 spiro atoms. The largest absolute Gasteiger partial charge is 0.396 e. The van der Waals surface area contributed by atoms with Gasteiger partial charge in [0.15, 0.2) is 5.15 Å². The summed E-state index contributed by atoms with van der Waals surface area (Å²) in [5.41, 5.74) is 0.542. The van der Waals surface area contributed by atoms with E-state index >= 15 is 0 Å². The highest BCUT2D eigenvalue weighted by Gasteiger charge is 2.23. The summed E-state index contributed by atoms with van der Waals surface area (Å²) in [7, 11) is 0. The van der Waals surface area contributed by atoms with E-state index in [9.17, 15) is 4.79 Å². The Hall–Kier alpha value is -1.17. The third kappa shape index (κ3) is 4.16. The van der Waals surface area contributed by atoms with Crippen LogP contribution in [-0.4, -0.2) is 47.1 Å². The van der Waals surface area contributed by atoms with Crippen molar-refractivity contribution < 1.29 is 9.90 Å². The van der Waals surface area contributed by atoms with Gasteiger partial charge in [-0.15, -0.1) is 0 Å². The highest BCUT2D eigenvalue weighted by molar-refractivity contribution is 6.32. The summed E-state index contributed by atoms with van der Waals surface area (Å²) in [5, 5.41) is 12.0. The van der Waals surface area contributed by atoms with Gasteiger partial charge in [0.2, 0.25) is 5.91 Å². The maximum atomic E-state index is 11.9. The van der Waals surface area contributed by atoms with Crippen LogP contribution >= 0.6 is 11.6 Å². The van der Waals surface area contributed by atoms with Gasteiger partial charge in [0.25, 0.3) is 0 Å². The first-order valence-electron chi connectivity index (χ1n) is 6.42. The minimum atomic E-state index is -0.0838. The number of anilines is 1. The maximum absolute atomic E-state index is 11.9. The summed E-state index contributed by atoms with van der Waals surface area (Å²) in [6.07, 6.45) is 3.44. The van der Waals surface area contributed by atoms with Crippen molar-refractivity contribution in [3.8, 4) is 0 Å². The lowest BCUT2D eigenvalue weighted by atomic mass is 10.1. The van der Waals surface area contributed by atoms with Gasteiger partial charge in [-0.1, -0.05) is 11.6 Å². The summed E-state index contributed by atoms with van der Waals surface area (Å²) < 4.78 is 0. The molecule has 2 rings (SSSR count). The highest BCUT2D eigenvalue weighted by Crippen LogP contribution is 2.20. The zero-order valence-corrected chi connectivity index (χ0v) is 11.4. The fourth-order valence-electron chi connectivity index (χ4n) is 2.35. The molecule has 0 aromatic carbocycles. The summed E-state index contributed by atoms with van der Waals surface area (Å²) in [5.74, 6) is 0.416. The highest BCUT2D eigenvalue weighted by atomic mass is 35.5. The lowest BCUT2D eigenvalue weighted by Crippen LogP contribution is -2.31. The first kappa shape index (κ1) is 14.2. The molecule has 0 saturated carbocycles. The van der Waals surface area contributed by atoms with Crippen LogP contribution in [0.3, 0.4) is 0 Å². The molecule has 1 atom stereocenters. The van der Waals surface area contributed by atoms with E-state index in [0.29, 0.717) is 23.3 Å². The van der Waals surface area contributed by atoms with Gasteiger partial charge < -0.3 is 10.4 Å². The fraction of sp³-hybridized carbons (Fsp3) is 0.538. The Kier molecular flexibility index (Phi) is 5.13. The number of likely N-dealkylation sites (tertiary alicyclic amines) is 1. The van der Waals surface area contributed by atoms with Gasteiger partial charge in [-0.3, -0.25) is 9.69 Å². The van der Waals surface area contributed by atoms with E-state index in [1.807, 2.05) is 0 Å². The number of hydrogen-bond donors (Lipinski definition) is 2. The molecule has 5 nitrogen and oxygen atoms in total. The van der Waals surface area contributed by atoms with Gasteiger partial charge in [-0.2, -0.15) is 0 Å². The third-order valence-corrected chi connectivity index (χ3v) is 3.61. The SMILES string of the molecule is O=C(CN1CCC(CCO)C1)Nc1cccnc1Cl. The molecule has 1 aliphatic heterocycles. The number of aliphatic hydroxyl groups is 1. The van der Waals surface area contributed by atoms with E-state index in [0.717, 1.165) is 25.9 Å². The number of hydrogen-bond acceptors (Lipinski definition) is 4. The van der Waals surface area contributed by atoms with Gasteiger partial charge >= 0.3 is 0 Å². The molecule has 6 heteroatoms. The summed E-state index contributed by atoms with van der Waals surface area (Å²) in [4.78, 5) is 17.9. The predicted octanol–water partition coefficient (Wildman–Crippen LogP) is 1.38. The summed E-state index contributed by atoms with van der Waals surface area (Å²) in [6.45, 7) is 2.34. The number of amides is 1. The van der Waals surface area contributed by atoms with Crippen molar-refractivity contribution in [1.82, 2.24) is 9.88 Å². The quantitative estimate of drug-likeness (QED) is 0.801. The number of rotatable bonds is 5. The van der Waals surface area contributed by atoms with Crippen LogP contribution in [0.5, 0.6) is 0 Å². The number of aromatic nitrogens is 1. The summed E-state index contributed by atoms with van der Waals surface area (Å²) >= 11 is 5.88. The van der Waals surface area contributed by atoms with Gasteiger partial charge in [0, 0.05) is 19.3 Å². The molecule has 1 saturated heterocycles. The molecular weight excluding hydrogens is 266 g/mol. The second-order valence-electron chi connectivity index (χ2n) is 4.79. The van der Waals surface area contributed by atoms with Crippen LogP contribution in [0.2, 0.25) is 5.15 Å². The van der Waals surface area contributed by atoms with Crippen LogP contribution in [-0.2, 0) is 4.79 Å². The molecule has 1 aromatic rings. The van der Waals surface area contributed by atoms with Crippen molar-refractivity contribution in [2.24, 2.45) is 5.92 Å². The number of aliphatic hydroxyl groups excluding tert-OH is 1. The van der Waals surface area contributed by atoms with Crippen LogP contribution in [0, 0.1) is 5.92 Å². The monoisotopic (exact) mass is 283 g/mol. The van der Waals surface area contributed by atoms with E-state index in [4.69, 9.17) is 16.7 Å². The molecule has 0 radical (unpaired) electrons. The molecule has 1 amide bonds. The predicted molar refractivity (Wildman–Crippen MR) is 74.1 cm³/mol. The molecule has 1 unspecified atom stereocenters. The molecule has 2 heterocycles. The van der Waals surface area contributed by atoms with E-state index < -0.39 is 0 Å². The maximum Gasteiger partial charge on any atom is 0.238 e. The molecule has 1 aromatic heterocycles. The fourth-order valence-corrected chi connectivity index (χ4v) is 2.51. The van der Waals surface area contributed by atoms with Crippen molar-refractivity contribution in [1.29, 1.82) is 0 Å². The Balaban J connectivity index is 1.81. The van der Waals surface area contributed by atoms with Crippen molar-refractivity contribution >= 4 is 23.2 Å². The number of carbonyl (C=O) groups is 1. The van der Waals surface area contributed by atoms with Crippen LogP contribution < -0.4 is 5.32 Å². The average molecular weight is 284 g/mol. The topological polar surface area (TPSA) is 65.5 Å². The smallest absolute Gasteiger partial charge is 0.238 e. The van der Waals surface area contributed by atoms with Gasteiger partial charge in [0.05, 0.1) is 12.2 Å². The van der Waals surface area contributed by atoms with E-state index in [2.05, 4.69) is 15.2 Å². The van der Waals surface area contributed by atoms with Crippen molar-refractivity contribution in [3.05, 3.63) is 23.5 Å². The Morgan fingerprint density at radius 2 is 2.47 bits per heavy atom. The number of nitrogens with zero attached hydrogens (tertiary/aromatic N) is 2. The van der Waals surface area contributed by atoms with Crippen LogP contribution in [0.25, 0.3) is 0 Å². The first-order chi connectivity index (χ1) is 9.19. The van der Waals surface area contributed by atoms with Gasteiger partial charge in [-0.25, -0.2) is 4.98 Å². The Morgan fingerprint density at radius 3 is 3.21 bits per heavy atom. The zero-order valence-electron chi connectivity index (χ0n) is 10.7. The molecule has 0 aliphatic carbocycles. The van der Waals surface area contributed by atoms with E-state index in [1.165, 1.54) is 0 Å². The average Bonchev–Trinajstić information content (AvgIpc) is 2.80. The second kappa shape index (κ2) is 6.84. The molecule has 104 valence electrons. The Morgan fingerprint density at radius 1 is 1.63 bits per heavy atom. The minimum Gasteiger partial charge on any atom is -0.396 e. The standard InChI is InChI=1S/C13H18ClN3O2/c14-13-11(2-1-5-15-13)16-12(19)9-17-6-3-10(8-17)4-7-18/h1-2,5,10,18H,3-4,6-9H2,(H,16,19). The molecule has 1 aliphatic rings. The van der Waals surface area contributed by atoms with Crippen LogP contribution in [0.15, 0.2) is 18.3 Å². The molecule has 1 fully saturated rings. The van der Waals surface area contributed by atoms with Gasteiger partial charge in [-0.05, 0) is 37.4 Å². The van der Waals surface area contributed by atoms with Crippen LogP contribution in [0.4, 0.5) is 5.69 Å². The second-order valence-corrected chi connectivity index (χ2v) is 5.15. The lowest BCUT2D eigenvalue weighted by Gasteiger charge is -2.15. The molecular formula is C13H18ClN3O2. The van der Waals surface area contributed by atoms with E-state index in [1.54, 1.807) is 18.3 Å². The number of pyridine rings is 1. The minimum absolute atomic E-state index is 0.0838. The Bertz CT molecular complexity index is 442. The third-order valence-electron chi connectivity index (χ3n) is 3.31. The van der Waals surface area contributed by atoms with Gasteiger partial charge in [0.1, 0.15) is 0 Å². The zero-order chi connectivity index (χ0) is 13.7. The molecule has 2 N–H and O–H groups in total. The van der Waals surface area contributed by atoms with Crippen molar-refractivity contribution in [3.63, 3.8) is 0 Å². The molecule has 0 bridgehead atoms.